The van der Waals surface area contributed by atoms with E-state index in [1.165, 1.54) is 12.7 Å². The fourth-order valence-corrected chi connectivity index (χ4v) is 2.92. The van der Waals surface area contributed by atoms with Crippen LogP contribution >= 0.6 is 24.0 Å². The average molecular weight is 518 g/mol. The lowest BCUT2D eigenvalue weighted by Gasteiger charge is -2.25. The molecule has 2 N–H and O–H groups in total. The van der Waals surface area contributed by atoms with Gasteiger partial charge in [-0.15, -0.1) is 24.0 Å². The van der Waals surface area contributed by atoms with Crippen molar-refractivity contribution in [3.05, 3.63) is 35.9 Å². The second-order valence-corrected chi connectivity index (χ2v) is 7.20. The van der Waals surface area contributed by atoms with Crippen LogP contribution in [-0.2, 0) is 16.1 Å². The van der Waals surface area contributed by atoms with E-state index >= 15 is 0 Å². The Morgan fingerprint density at radius 3 is 2.41 bits per heavy atom. The van der Waals surface area contributed by atoms with Crippen LogP contribution in [0, 0.1) is 0 Å². The molecule has 0 aromatic heterocycles. The number of unbranched alkanes of at least 4 members (excludes halogenated alkanes) is 3. The summed E-state index contributed by atoms with van der Waals surface area (Å²) in [5.41, 5.74) is 1.34. The van der Waals surface area contributed by atoms with Gasteiger partial charge in [0.25, 0.3) is 0 Å². The van der Waals surface area contributed by atoms with E-state index in [0.29, 0.717) is 12.5 Å². The Hall–Kier alpha value is -1.35. The van der Waals surface area contributed by atoms with Crippen molar-refractivity contribution in [2.24, 2.45) is 4.99 Å². The summed E-state index contributed by atoms with van der Waals surface area (Å²) in [5.74, 6) is 0.735. The van der Waals surface area contributed by atoms with E-state index in [9.17, 15) is 4.79 Å². The molecule has 0 saturated carbocycles. The largest absolute Gasteiger partial charge is 0.469 e. The molecular weight excluding hydrogens is 479 g/mol. The van der Waals surface area contributed by atoms with Gasteiger partial charge in [0.2, 0.25) is 0 Å². The molecule has 29 heavy (non-hydrogen) atoms. The fraction of sp³-hybridized carbons (Fsp3) is 0.636. The maximum Gasteiger partial charge on any atom is 0.305 e. The van der Waals surface area contributed by atoms with Crippen molar-refractivity contribution in [2.45, 2.75) is 58.0 Å². The summed E-state index contributed by atoms with van der Waals surface area (Å²) in [6.45, 7) is 5.00. The highest BCUT2D eigenvalue weighted by Crippen LogP contribution is 2.08. The molecule has 0 radical (unpaired) electrons. The summed E-state index contributed by atoms with van der Waals surface area (Å²) in [7, 11) is 5.41. The van der Waals surface area contributed by atoms with E-state index in [1.54, 1.807) is 7.05 Å². The number of hydrogen-bond donors (Lipinski definition) is 2. The topological polar surface area (TPSA) is 66.0 Å². The zero-order valence-electron chi connectivity index (χ0n) is 18.4. The molecule has 1 rings (SSSR count). The van der Waals surface area contributed by atoms with E-state index in [0.717, 1.165) is 57.7 Å². The molecular formula is C22H39IN4O2. The van der Waals surface area contributed by atoms with E-state index < -0.39 is 0 Å². The number of aliphatic imine (C=N–C) groups is 1. The van der Waals surface area contributed by atoms with E-state index in [2.05, 4.69) is 69.6 Å². The van der Waals surface area contributed by atoms with Gasteiger partial charge in [0, 0.05) is 39.1 Å². The number of ether oxygens (including phenoxy) is 1. The van der Waals surface area contributed by atoms with E-state index in [-0.39, 0.29) is 29.9 Å². The Labute approximate surface area is 193 Å². The van der Waals surface area contributed by atoms with Gasteiger partial charge in [-0.2, -0.15) is 0 Å². The lowest BCUT2D eigenvalue weighted by molar-refractivity contribution is -0.140. The molecule has 1 aromatic rings. The van der Waals surface area contributed by atoms with E-state index in [4.69, 9.17) is 0 Å². The normalized spacial score (nSPS) is 12.2. The van der Waals surface area contributed by atoms with Crippen LogP contribution in [0.5, 0.6) is 0 Å². The second-order valence-electron chi connectivity index (χ2n) is 7.20. The van der Waals surface area contributed by atoms with Crippen molar-refractivity contribution in [1.82, 2.24) is 15.5 Å². The first kappa shape index (κ1) is 27.6. The van der Waals surface area contributed by atoms with E-state index in [1.807, 2.05) is 0 Å². The summed E-state index contributed by atoms with van der Waals surface area (Å²) in [5, 5.41) is 6.75. The van der Waals surface area contributed by atoms with Crippen LogP contribution in [-0.4, -0.2) is 57.2 Å². The maximum atomic E-state index is 11.0. The molecule has 0 aliphatic heterocycles. The Morgan fingerprint density at radius 2 is 1.76 bits per heavy atom. The SMILES string of the molecule is CN=C(NCCCCCCC(=O)OC)NCCC(C)N(C)Cc1ccccc1.I. The number of hydrogen-bond acceptors (Lipinski definition) is 4. The standard InChI is InChI=1S/C22H38N4O2.HI/c1-19(26(3)18-20-12-8-7-9-13-20)15-17-25-22(23-2)24-16-11-6-5-10-14-21(27)28-4;/h7-9,12-13,19H,5-6,10-11,14-18H2,1-4H3,(H2,23,24,25);1H. The summed E-state index contributed by atoms with van der Waals surface area (Å²) < 4.78 is 4.64. The van der Waals surface area contributed by atoms with Crippen LogP contribution in [0.4, 0.5) is 0 Å². The Kier molecular flexibility index (Phi) is 16.7. The lowest BCUT2D eigenvalue weighted by atomic mass is 10.1. The molecule has 0 aliphatic carbocycles. The van der Waals surface area contributed by atoms with Gasteiger partial charge in [-0.05, 0) is 38.8 Å². The molecule has 1 unspecified atom stereocenters. The number of carbonyl (C=O) groups excluding carboxylic acids is 1. The minimum absolute atomic E-state index is 0. The first-order valence-electron chi connectivity index (χ1n) is 10.3. The number of nitrogens with zero attached hydrogens (tertiary/aromatic N) is 2. The van der Waals surface area contributed by atoms with Crippen molar-refractivity contribution < 1.29 is 9.53 Å². The monoisotopic (exact) mass is 518 g/mol. The minimum atomic E-state index is -0.119. The second kappa shape index (κ2) is 17.5. The van der Waals surface area contributed by atoms with Crippen molar-refractivity contribution in [2.75, 3.05) is 34.3 Å². The number of carbonyl (C=O) groups is 1. The average Bonchev–Trinajstić information content (AvgIpc) is 2.71. The zero-order chi connectivity index (χ0) is 20.6. The van der Waals surface area contributed by atoms with Gasteiger partial charge in [-0.25, -0.2) is 0 Å². The minimum Gasteiger partial charge on any atom is -0.469 e. The third kappa shape index (κ3) is 13.5. The first-order valence-corrected chi connectivity index (χ1v) is 10.3. The zero-order valence-corrected chi connectivity index (χ0v) is 20.8. The molecule has 0 saturated heterocycles. The van der Waals surface area contributed by atoms with Gasteiger partial charge >= 0.3 is 5.97 Å². The van der Waals surface area contributed by atoms with Crippen molar-refractivity contribution in [1.29, 1.82) is 0 Å². The number of guanidine groups is 1. The van der Waals surface area contributed by atoms with Crippen LogP contribution in [0.15, 0.2) is 35.3 Å². The highest BCUT2D eigenvalue weighted by Gasteiger charge is 2.09. The van der Waals surface area contributed by atoms with Crippen molar-refractivity contribution in [3.8, 4) is 0 Å². The van der Waals surface area contributed by atoms with Gasteiger partial charge in [0.1, 0.15) is 0 Å². The summed E-state index contributed by atoms with van der Waals surface area (Å²) in [6, 6.07) is 11.1. The number of halogens is 1. The van der Waals surface area contributed by atoms with Gasteiger partial charge in [0.15, 0.2) is 5.96 Å². The van der Waals surface area contributed by atoms with Crippen LogP contribution in [0.1, 0.15) is 51.0 Å². The number of esters is 1. The number of benzene rings is 1. The molecule has 0 fully saturated rings. The smallest absolute Gasteiger partial charge is 0.305 e. The third-order valence-corrected chi connectivity index (χ3v) is 4.93. The molecule has 6 nitrogen and oxygen atoms in total. The lowest BCUT2D eigenvalue weighted by Crippen LogP contribution is -2.40. The molecule has 0 amide bonds. The van der Waals surface area contributed by atoms with Gasteiger partial charge in [0.05, 0.1) is 7.11 Å². The molecule has 7 heteroatoms. The molecule has 0 spiro atoms. The first-order chi connectivity index (χ1) is 13.6. The molecule has 1 aromatic carbocycles. The number of nitrogens with one attached hydrogen (secondary N) is 2. The van der Waals surface area contributed by atoms with Crippen LogP contribution in [0.3, 0.4) is 0 Å². The quantitative estimate of drug-likeness (QED) is 0.137. The molecule has 0 bridgehead atoms. The van der Waals surface area contributed by atoms with Crippen molar-refractivity contribution in [3.63, 3.8) is 0 Å². The molecule has 0 heterocycles. The Balaban J connectivity index is 0.00000784. The van der Waals surface area contributed by atoms with Gasteiger partial charge < -0.3 is 15.4 Å². The summed E-state index contributed by atoms with van der Waals surface area (Å²) >= 11 is 0. The number of rotatable bonds is 13. The number of methoxy groups -OCH3 is 1. The summed E-state index contributed by atoms with van der Waals surface area (Å²) in [6.07, 6.45) is 5.68. The highest BCUT2D eigenvalue weighted by molar-refractivity contribution is 14.0. The predicted molar refractivity (Wildman–Crippen MR) is 132 cm³/mol. The van der Waals surface area contributed by atoms with Crippen LogP contribution < -0.4 is 10.6 Å². The van der Waals surface area contributed by atoms with Crippen LogP contribution in [0.2, 0.25) is 0 Å². The van der Waals surface area contributed by atoms with Gasteiger partial charge in [-0.1, -0.05) is 43.2 Å². The fourth-order valence-electron chi connectivity index (χ4n) is 2.92. The van der Waals surface area contributed by atoms with Gasteiger partial charge in [-0.3, -0.25) is 14.7 Å². The summed E-state index contributed by atoms with van der Waals surface area (Å²) in [4.78, 5) is 17.7. The van der Waals surface area contributed by atoms with Crippen LogP contribution in [0.25, 0.3) is 0 Å². The predicted octanol–water partition coefficient (Wildman–Crippen LogP) is 3.80. The van der Waals surface area contributed by atoms with Crippen molar-refractivity contribution >= 4 is 35.9 Å². The Morgan fingerprint density at radius 1 is 1.10 bits per heavy atom. The Bertz CT molecular complexity index is 569. The third-order valence-electron chi connectivity index (χ3n) is 4.93. The molecule has 1 atom stereocenters. The molecule has 166 valence electrons. The molecule has 0 aliphatic rings. The highest BCUT2D eigenvalue weighted by atomic mass is 127. The maximum absolute atomic E-state index is 11.0.